The molecule has 0 aliphatic rings. The fraction of sp³-hybridized carbons (Fsp3) is 0.333. The van der Waals surface area contributed by atoms with Gasteiger partial charge in [-0.05, 0) is 24.1 Å². The van der Waals surface area contributed by atoms with E-state index < -0.39 is 10.0 Å². The highest BCUT2D eigenvalue weighted by molar-refractivity contribution is 7.89. The van der Waals surface area contributed by atoms with Gasteiger partial charge in [0.1, 0.15) is 12.2 Å². The Morgan fingerprint density at radius 3 is 2.75 bits per heavy atom. The fourth-order valence-corrected chi connectivity index (χ4v) is 3.14. The molecule has 1 aromatic heterocycles. The van der Waals surface area contributed by atoms with Gasteiger partial charge in [-0.3, -0.25) is 0 Å². The summed E-state index contributed by atoms with van der Waals surface area (Å²) in [6, 6.07) is 4.89. The van der Waals surface area contributed by atoms with Crippen molar-refractivity contribution in [3.8, 4) is 0 Å². The molecular formula is C12H17N5O2S. The van der Waals surface area contributed by atoms with Crippen molar-refractivity contribution in [2.24, 2.45) is 7.05 Å². The zero-order chi connectivity index (χ0) is 14.8. The van der Waals surface area contributed by atoms with Crippen LogP contribution in [0.4, 0.5) is 5.69 Å². The van der Waals surface area contributed by atoms with Gasteiger partial charge in [-0.2, -0.15) is 0 Å². The van der Waals surface area contributed by atoms with E-state index in [1.165, 1.54) is 12.4 Å². The van der Waals surface area contributed by atoms with Gasteiger partial charge in [0, 0.05) is 12.7 Å². The van der Waals surface area contributed by atoms with Crippen molar-refractivity contribution < 1.29 is 8.42 Å². The van der Waals surface area contributed by atoms with E-state index in [2.05, 4.69) is 14.9 Å². The molecule has 108 valence electrons. The highest BCUT2D eigenvalue weighted by atomic mass is 32.2. The molecule has 0 radical (unpaired) electrons. The molecule has 20 heavy (non-hydrogen) atoms. The molecule has 0 saturated heterocycles. The summed E-state index contributed by atoms with van der Waals surface area (Å²) in [7, 11) is -1.88. The maximum Gasteiger partial charge on any atom is 0.241 e. The molecule has 0 aliphatic heterocycles. The molecule has 0 fully saturated rings. The second kappa shape index (κ2) is 5.59. The summed E-state index contributed by atoms with van der Waals surface area (Å²) in [6.45, 7) is 1.98. The lowest BCUT2D eigenvalue weighted by Gasteiger charge is -2.11. The topological polar surface area (TPSA) is 103 Å². The van der Waals surface area contributed by atoms with Crippen LogP contribution in [-0.2, 0) is 30.0 Å². The number of nitrogens with zero attached hydrogens (tertiary/aromatic N) is 3. The third-order valence-electron chi connectivity index (χ3n) is 2.99. The largest absolute Gasteiger partial charge is 0.399 e. The summed E-state index contributed by atoms with van der Waals surface area (Å²) in [5, 5.41) is 7.54. The number of aromatic nitrogens is 3. The Hall–Kier alpha value is -1.93. The molecule has 0 saturated carbocycles. The lowest BCUT2D eigenvalue weighted by Crippen LogP contribution is -2.25. The normalized spacial score (nSPS) is 11.7. The van der Waals surface area contributed by atoms with E-state index in [-0.39, 0.29) is 11.4 Å². The monoisotopic (exact) mass is 295 g/mol. The number of anilines is 1. The molecule has 0 unspecified atom stereocenters. The van der Waals surface area contributed by atoms with Crippen LogP contribution in [0.1, 0.15) is 18.3 Å². The van der Waals surface area contributed by atoms with Crippen molar-refractivity contribution in [3.05, 3.63) is 35.9 Å². The van der Waals surface area contributed by atoms with Crippen LogP contribution in [-0.4, -0.2) is 23.2 Å². The molecule has 0 amide bonds. The second-order valence-corrected chi connectivity index (χ2v) is 6.14. The first kappa shape index (κ1) is 14.5. The van der Waals surface area contributed by atoms with Crippen LogP contribution in [0, 0.1) is 0 Å². The Labute approximate surface area is 117 Å². The SMILES string of the molecule is CCc1ccc(N)cc1S(=O)(=O)NCc1nncn1C. The third-order valence-corrected chi connectivity index (χ3v) is 4.47. The highest BCUT2D eigenvalue weighted by Crippen LogP contribution is 2.19. The predicted molar refractivity (Wildman–Crippen MR) is 75.3 cm³/mol. The molecule has 2 aromatic rings. The van der Waals surface area contributed by atoms with Gasteiger partial charge in [0.25, 0.3) is 0 Å². The third kappa shape index (κ3) is 2.97. The second-order valence-electron chi connectivity index (χ2n) is 4.40. The molecule has 1 aromatic carbocycles. The van der Waals surface area contributed by atoms with Crippen LogP contribution in [0.2, 0.25) is 0 Å². The van der Waals surface area contributed by atoms with Crippen LogP contribution < -0.4 is 10.5 Å². The van der Waals surface area contributed by atoms with Gasteiger partial charge in [0.2, 0.25) is 10.0 Å². The molecule has 0 aliphatic carbocycles. The molecule has 7 nitrogen and oxygen atoms in total. The molecule has 3 N–H and O–H groups in total. The predicted octanol–water partition coefficient (Wildman–Crippen LogP) is 0.438. The first-order valence-electron chi connectivity index (χ1n) is 6.15. The molecule has 0 bridgehead atoms. The lowest BCUT2D eigenvalue weighted by atomic mass is 10.1. The first-order valence-corrected chi connectivity index (χ1v) is 7.63. The van der Waals surface area contributed by atoms with E-state index in [1.54, 1.807) is 23.7 Å². The number of hydrogen-bond donors (Lipinski definition) is 2. The number of nitrogens with one attached hydrogen (secondary N) is 1. The number of sulfonamides is 1. The van der Waals surface area contributed by atoms with E-state index in [9.17, 15) is 8.42 Å². The number of nitrogens with two attached hydrogens (primary N) is 1. The maximum atomic E-state index is 12.3. The van der Waals surface area contributed by atoms with Crippen molar-refractivity contribution in [2.45, 2.75) is 24.8 Å². The molecule has 0 spiro atoms. The molecule has 8 heteroatoms. The van der Waals surface area contributed by atoms with E-state index >= 15 is 0 Å². The van der Waals surface area contributed by atoms with E-state index in [0.717, 1.165) is 5.56 Å². The minimum Gasteiger partial charge on any atom is -0.399 e. The minimum absolute atomic E-state index is 0.0801. The Bertz CT molecular complexity index is 708. The van der Waals surface area contributed by atoms with Gasteiger partial charge in [-0.25, -0.2) is 13.1 Å². The summed E-state index contributed by atoms with van der Waals surface area (Å²) >= 11 is 0. The molecule has 0 atom stereocenters. The van der Waals surface area contributed by atoms with Gasteiger partial charge < -0.3 is 10.3 Å². The van der Waals surface area contributed by atoms with Gasteiger partial charge in [-0.1, -0.05) is 13.0 Å². The first-order chi connectivity index (χ1) is 9.44. The van der Waals surface area contributed by atoms with E-state index in [4.69, 9.17) is 5.73 Å². The van der Waals surface area contributed by atoms with Gasteiger partial charge >= 0.3 is 0 Å². The molecule has 2 rings (SSSR count). The number of aryl methyl sites for hydroxylation is 2. The fourth-order valence-electron chi connectivity index (χ4n) is 1.82. The average molecular weight is 295 g/mol. The quantitative estimate of drug-likeness (QED) is 0.779. The summed E-state index contributed by atoms with van der Waals surface area (Å²) < 4.78 is 28.9. The van der Waals surface area contributed by atoms with Gasteiger partial charge in [0.05, 0.1) is 11.4 Å². The standard InChI is InChI=1S/C12H17N5O2S/c1-3-9-4-5-10(13)6-11(9)20(18,19)15-7-12-16-14-8-17(12)2/h4-6,8,15H,3,7,13H2,1-2H3. The number of hydrogen-bond acceptors (Lipinski definition) is 5. The summed E-state index contributed by atoms with van der Waals surface area (Å²) in [5.41, 5.74) is 6.82. The Balaban J connectivity index is 2.26. The lowest BCUT2D eigenvalue weighted by molar-refractivity contribution is 0.576. The van der Waals surface area contributed by atoms with Crippen molar-refractivity contribution in [1.82, 2.24) is 19.5 Å². The molecular weight excluding hydrogens is 278 g/mol. The van der Waals surface area contributed by atoms with Crippen molar-refractivity contribution in [1.29, 1.82) is 0 Å². The zero-order valence-corrected chi connectivity index (χ0v) is 12.2. The van der Waals surface area contributed by atoms with Crippen molar-refractivity contribution in [3.63, 3.8) is 0 Å². The summed E-state index contributed by atoms with van der Waals surface area (Å²) in [5.74, 6) is 0.538. The zero-order valence-electron chi connectivity index (χ0n) is 11.4. The highest BCUT2D eigenvalue weighted by Gasteiger charge is 2.18. The Morgan fingerprint density at radius 1 is 1.40 bits per heavy atom. The van der Waals surface area contributed by atoms with Crippen LogP contribution in [0.3, 0.4) is 0 Å². The van der Waals surface area contributed by atoms with Gasteiger partial charge in [0.15, 0.2) is 0 Å². The van der Waals surface area contributed by atoms with Crippen molar-refractivity contribution >= 4 is 15.7 Å². The van der Waals surface area contributed by atoms with E-state index in [1.807, 2.05) is 6.92 Å². The van der Waals surface area contributed by atoms with Gasteiger partial charge in [-0.15, -0.1) is 10.2 Å². The Morgan fingerprint density at radius 2 is 2.15 bits per heavy atom. The van der Waals surface area contributed by atoms with Crippen LogP contribution in [0.5, 0.6) is 0 Å². The van der Waals surface area contributed by atoms with E-state index in [0.29, 0.717) is 17.9 Å². The molecule has 1 heterocycles. The smallest absolute Gasteiger partial charge is 0.241 e. The number of benzene rings is 1. The summed E-state index contributed by atoms with van der Waals surface area (Å²) in [6.07, 6.45) is 2.13. The van der Waals surface area contributed by atoms with Crippen LogP contribution in [0.15, 0.2) is 29.4 Å². The average Bonchev–Trinajstić information content (AvgIpc) is 2.82. The summed E-state index contributed by atoms with van der Waals surface area (Å²) in [4.78, 5) is 0.210. The van der Waals surface area contributed by atoms with Crippen LogP contribution in [0.25, 0.3) is 0 Å². The number of nitrogen functional groups attached to an aromatic ring is 1. The maximum absolute atomic E-state index is 12.3. The van der Waals surface area contributed by atoms with Crippen molar-refractivity contribution in [2.75, 3.05) is 5.73 Å². The number of rotatable bonds is 5. The minimum atomic E-state index is -3.63. The Kier molecular flexibility index (Phi) is 4.05. The van der Waals surface area contributed by atoms with Crippen LogP contribution >= 0.6 is 0 Å².